The summed E-state index contributed by atoms with van der Waals surface area (Å²) in [5.41, 5.74) is 0. The Balaban J connectivity index is 3.81. The van der Waals surface area contributed by atoms with Crippen LogP contribution in [0.1, 0.15) is 232 Å². The van der Waals surface area contributed by atoms with Crippen molar-refractivity contribution in [2.24, 2.45) is 0 Å². The Hall–Kier alpha value is -0.120. The summed E-state index contributed by atoms with van der Waals surface area (Å²) < 4.78 is 17.1. The second kappa shape index (κ2) is 41.9. The van der Waals surface area contributed by atoms with E-state index in [0.717, 1.165) is 26.1 Å². The van der Waals surface area contributed by atoms with E-state index in [9.17, 15) is 0 Å². The highest BCUT2D eigenvalue weighted by Crippen LogP contribution is 2.19. The van der Waals surface area contributed by atoms with E-state index in [1.54, 1.807) is 7.11 Å². The molecular weight excluding hydrogens is 552 g/mol. The average Bonchev–Trinajstić information content (AvgIpc) is 3.05. The molecule has 3 heteroatoms. The molecule has 0 aliphatic carbocycles. The summed E-state index contributed by atoms with van der Waals surface area (Å²) in [7, 11) is 1.73. The van der Waals surface area contributed by atoms with E-state index in [0.29, 0.717) is 19.3 Å². The van der Waals surface area contributed by atoms with Crippen molar-refractivity contribution in [2.45, 2.75) is 238 Å². The highest BCUT2D eigenvalue weighted by Gasteiger charge is 2.09. The molecule has 0 aromatic carbocycles. The molecule has 0 fully saturated rings. The fourth-order valence-corrected chi connectivity index (χ4v) is 6.60. The van der Waals surface area contributed by atoms with Gasteiger partial charge in [-0.15, -0.1) is 0 Å². The van der Waals surface area contributed by atoms with Crippen molar-refractivity contribution in [3.8, 4) is 0 Å². The van der Waals surface area contributed by atoms with Gasteiger partial charge in [-0.3, -0.25) is 0 Å². The number of methoxy groups -OCH3 is 1. The first kappa shape index (κ1) is 44.9. The maximum Gasteiger partial charge on any atom is 0.0700 e. The van der Waals surface area contributed by atoms with Gasteiger partial charge in [0.1, 0.15) is 0 Å². The average molecular weight is 639 g/mol. The van der Waals surface area contributed by atoms with Crippen LogP contribution in [-0.4, -0.2) is 39.6 Å². The van der Waals surface area contributed by atoms with Crippen molar-refractivity contribution < 1.29 is 14.2 Å². The van der Waals surface area contributed by atoms with Crippen molar-refractivity contribution in [3.05, 3.63) is 0 Å². The van der Waals surface area contributed by atoms with Crippen LogP contribution in [-0.2, 0) is 14.2 Å². The van der Waals surface area contributed by atoms with Crippen LogP contribution in [0.25, 0.3) is 0 Å². The molecule has 0 N–H and O–H groups in total. The van der Waals surface area contributed by atoms with Gasteiger partial charge in [0.15, 0.2) is 0 Å². The largest absolute Gasteiger partial charge is 0.382 e. The zero-order chi connectivity index (χ0) is 32.6. The van der Waals surface area contributed by atoms with Gasteiger partial charge in [-0.1, -0.05) is 206 Å². The first-order valence-electron chi connectivity index (χ1n) is 21.0. The Kier molecular flexibility index (Phi) is 41.8. The molecule has 0 spiro atoms. The third-order valence-electron chi connectivity index (χ3n) is 9.73. The zero-order valence-corrected chi connectivity index (χ0v) is 31.7. The van der Waals surface area contributed by atoms with Gasteiger partial charge in [0.25, 0.3) is 0 Å². The van der Waals surface area contributed by atoms with E-state index >= 15 is 0 Å². The Bertz CT molecular complexity index is 462. The fraction of sp³-hybridized carbons (Fsp3) is 1.00. The van der Waals surface area contributed by atoms with Crippen LogP contribution in [0, 0.1) is 0 Å². The predicted octanol–water partition coefficient (Wildman–Crippen LogP) is 14.3. The SMILES string of the molecule is CCCCCCCCCCCCCCCCCC(CCCCCCCCCCCCCCCCC)OCCCCOCCOC. The second-order valence-corrected chi connectivity index (χ2v) is 14.3. The topological polar surface area (TPSA) is 27.7 Å². The van der Waals surface area contributed by atoms with Crippen LogP contribution in [0.3, 0.4) is 0 Å². The van der Waals surface area contributed by atoms with E-state index in [4.69, 9.17) is 14.2 Å². The Morgan fingerprint density at radius 2 is 0.622 bits per heavy atom. The monoisotopic (exact) mass is 639 g/mol. The third-order valence-corrected chi connectivity index (χ3v) is 9.73. The maximum atomic E-state index is 6.43. The number of hydrogen-bond donors (Lipinski definition) is 0. The Labute approximate surface area is 285 Å². The Morgan fingerprint density at radius 3 is 0.956 bits per heavy atom. The zero-order valence-electron chi connectivity index (χ0n) is 31.7. The molecule has 0 unspecified atom stereocenters. The first-order valence-corrected chi connectivity index (χ1v) is 21.0. The van der Waals surface area contributed by atoms with Crippen LogP contribution in [0.15, 0.2) is 0 Å². The summed E-state index contributed by atoms with van der Waals surface area (Å²) in [6, 6.07) is 0. The molecule has 0 amide bonds. The third kappa shape index (κ3) is 40.0. The number of unbranched alkanes of at least 4 members (excludes halogenated alkanes) is 29. The molecule has 0 rings (SSSR count). The molecule has 0 saturated heterocycles. The minimum Gasteiger partial charge on any atom is -0.382 e. The smallest absolute Gasteiger partial charge is 0.0700 e. The minimum atomic E-state index is 0.475. The number of rotatable bonds is 41. The van der Waals surface area contributed by atoms with Gasteiger partial charge < -0.3 is 14.2 Å². The van der Waals surface area contributed by atoms with E-state index in [2.05, 4.69) is 13.8 Å². The standard InChI is InChI=1S/C42H86O3/c1-4-6-8-10-12-14-16-18-20-22-24-26-28-30-32-36-42(45-39-35-34-38-44-41-40-43-3)37-33-31-29-27-25-23-21-19-17-15-13-11-9-7-5-2/h42H,4-41H2,1-3H3. The molecular formula is C42H86O3. The lowest BCUT2D eigenvalue weighted by Gasteiger charge is -2.18. The molecule has 0 aromatic rings. The van der Waals surface area contributed by atoms with Gasteiger partial charge in [-0.05, 0) is 25.7 Å². The van der Waals surface area contributed by atoms with E-state index < -0.39 is 0 Å². The van der Waals surface area contributed by atoms with Gasteiger partial charge in [0.05, 0.1) is 19.3 Å². The van der Waals surface area contributed by atoms with Crippen LogP contribution in [0.4, 0.5) is 0 Å². The molecule has 0 atom stereocenters. The van der Waals surface area contributed by atoms with Crippen LogP contribution in [0.2, 0.25) is 0 Å². The van der Waals surface area contributed by atoms with Crippen LogP contribution < -0.4 is 0 Å². The lowest BCUT2D eigenvalue weighted by Crippen LogP contribution is -2.14. The minimum absolute atomic E-state index is 0.475. The first-order chi connectivity index (χ1) is 22.3. The van der Waals surface area contributed by atoms with Crippen LogP contribution >= 0.6 is 0 Å². The van der Waals surface area contributed by atoms with Crippen molar-refractivity contribution in [2.75, 3.05) is 33.5 Å². The lowest BCUT2D eigenvalue weighted by atomic mass is 10.0. The summed E-state index contributed by atoms with van der Waals surface area (Å²) in [4.78, 5) is 0. The molecule has 0 radical (unpaired) electrons. The van der Waals surface area contributed by atoms with E-state index in [1.165, 1.54) is 205 Å². The molecule has 0 aliphatic rings. The van der Waals surface area contributed by atoms with Crippen molar-refractivity contribution >= 4 is 0 Å². The van der Waals surface area contributed by atoms with Gasteiger partial charge in [-0.25, -0.2) is 0 Å². The number of hydrogen-bond acceptors (Lipinski definition) is 3. The molecule has 272 valence electrons. The summed E-state index contributed by atoms with van der Waals surface area (Å²) in [5, 5.41) is 0. The van der Waals surface area contributed by atoms with Gasteiger partial charge in [0, 0.05) is 20.3 Å². The molecule has 0 aromatic heterocycles. The van der Waals surface area contributed by atoms with Crippen LogP contribution in [0.5, 0.6) is 0 Å². The van der Waals surface area contributed by atoms with Gasteiger partial charge >= 0.3 is 0 Å². The quantitative estimate of drug-likeness (QED) is 0.0624. The molecule has 3 nitrogen and oxygen atoms in total. The maximum absolute atomic E-state index is 6.43. The van der Waals surface area contributed by atoms with E-state index in [1.807, 2.05) is 0 Å². The summed E-state index contributed by atoms with van der Waals surface area (Å²) in [6.07, 6.45) is 48.3. The highest BCUT2D eigenvalue weighted by atomic mass is 16.5. The molecule has 45 heavy (non-hydrogen) atoms. The Morgan fingerprint density at radius 1 is 0.311 bits per heavy atom. The number of ether oxygens (including phenoxy) is 3. The van der Waals surface area contributed by atoms with Crippen molar-refractivity contribution in [1.82, 2.24) is 0 Å². The predicted molar refractivity (Wildman–Crippen MR) is 201 cm³/mol. The van der Waals surface area contributed by atoms with Crippen molar-refractivity contribution in [1.29, 1.82) is 0 Å². The summed E-state index contributed by atoms with van der Waals surface area (Å²) >= 11 is 0. The van der Waals surface area contributed by atoms with E-state index in [-0.39, 0.29) is 0 Å². The summed E-state index contributed by atoms with van der Waals surface area (Å²) in [6.45, 7) is 7.74. The van der Waals surface area contributed by atoms with Gasteiger partial charge in [-0.2, -0.15) is 0 Å². The van der Waals surface area contributed by atoms with Gasteiger partial charge in [0.2, 0.25) is 0 Å². The molecule has 0 saturated carbocycles. The molecule has 0 heterocycles. The normalized spacial score (nSPS) is 11.7. The second-order valence-electron chi connectivity index (χ2n) is 14.3. The fourth-order valence-electron chi connectivity index (χ4n) is 6.60. The lowest BCUT2D eigenvalue weighted by molar-refractivity contribution is 0.0280. The molecule has 0 aliphatic heterocycles. The van der Waals surface area contributed by atoms with Crippen molar-refractivity contribution in [3.63, 3.8) is 0 Å². The summed E-state index contributed by atoms with van der Waals surface area (Å²) in [5.74, 6) is 0. The highest BCUT2D eigenvalue weighted by molar-refractivity contribution is 4.61. The molecule has 0 bridgehead atoms.